The van der Waals surface area contributed by atoms with Crippen LogP contribution in [0.4, 0.5) is 5.82 Å². The molecule has 3 aromatic carbocycles. The topological polar surface area (TPSA) is 177 Å². The molecule has 4 heterocycles. The molecule has 3 aromatic heterocycles. The van der Waals surface area contributed by atoms with Gasteiger partial charge in [-0.3, -0.25) is 14.2 Å². The van der Waals surface area contributed by atoms with Gasteiger partial charge >= 0.3 is 0 Å². The van der Waals surface area contributed by atoms with E-state index in [-0.39, 0.29) is 11.3 Å². The predicted octanol–water partition coefficient (Wildman–Crippen LogP) is 3.79. The number of hydrogen-bond donors (Lipinski definition) is 5. The number of para-hydroxylation sites is 1. The monoisotopic (exact) mass is 661 g/mol. The van der Waals surface area contributed by atoms with Gasteiger partial charge in [0.1, 0.15) is 36.9 Å². The smallest absolute Gasteiger partial charge is 0.251 e. The summed E-state index contributed by atoms with van der Waals surface area (Å²) in [7, 11) is 0. The zero-order valence-corrected chi connectivity index (χ0v) is 26.6. The summed E-state index contributed by atoms with van der Waals surface area (Å²) in [5, 5.41) is 28.2. The lowest BCUT2D eigenvalue weighted by Crippen LogP contribution is -2.46. The van der Waals surface area contributed by atoms with E-state index < -0.39 is 37.0 Å². The molecule has 0 aliphatic carbocycles. The van der Waals surface area contributed by atoms with Crippen LogP contribution in [0.25, 0.3) is 22.1 Å². The minimum Gasteiger partial charge on any atom is -0.487 e. The summed E-state index contributed by atoms with van der Waals surface area (Å²) in [6.07, 6.45) is 2.45. The quantitative estimate of drug-likeness (QED) is 0.121. The van der Waals surface area contributed by atoms with Gasteiger partial charge in [0.05, 0.1) is 18.5 Å². The molecule has 250 valence electrons. The summed E-state index contributed by atoms with van der Waals surface area (Å²) in [5.74, 6) is 0.610. The fourth-order valence-corrected chi connectivity index (χ4v) is 6.13. The maximum absolute atomic E-state index is 13.2. The largest absolute Gasteiger partial charge is 0.487 e. The Morgan fingerprint density at radius 2 is 1.84 bits per heavy atom. The number of anilines is 1. The van der Waals surface area contributed by atoms with E-state index in [0.29, 0.717) is 42.1 Å². The lowest BCUT2D eigenvalue weighted by molar-refractivity contribution is -0.0440. The Balaban J connectivity index is 1.06. The van der Waals surface area contributed by atoms with Crippen LogP contribution in [0.1, 0.15) is 45.0 Å². The van der Waals surface area contributed by atoms with Crippen molar-refractivity contribution in [2.75, 3.05) is 18.5 Å². The van der Waals surface area contributed by atoms with Crippen molar-refractivity contribution < 1.29 is 29.3 Å². The Morgan fingerprint density at radius 1 is 1.02 bits per heavy atom. The normalized spacial score (nSPS) is 18.9. The third-order valence-corrected chi connectivity index (χ3v) is 8.70. The average Bonchev–Trinajstić information content (AvgIpc) is 3.84. The standard InChI is InChI=1S/C36H35N7O6/c1-21(45)23-9-5-10-24(15-23)35(47)42-30-32(46)28(17-44)49-36(30)43-20-41-31-33(39-19-40-34(31)43)37-14-13-25-16-38-29-26(25)11-6-12-27(29)48-18-22-7-3-2-4-8-22/h2-12,15-16,19-20,28,30,32,36,38,44,46H,13-14,17-18H2,1H3,(H,42,47)(H,37,39,40)/t28-,30-,32-,36-/m1/s1. The van der Waals surface area contributed by atoms with Crippen LogP contribution in [-0.4, -0.2) is 77.8 Å². The van der Waals surface area contributed by atoms with E-state index in [2.05, 4.69) is 36.6 Å². The number of aromatic amines is 1. The fraction of sp³-hybridized carbons (Fsp3) is 0.250. The summed E-state index contributed by atoms with van der Waals surface area (Å²) < 4.78 is 13.7. The van der Waals surface area contributed by atoms with Crippen molar-refractivity contribution in [1.29, 1.82) is 0 Å². The fourth-order valence-electron chi connectivity index (χ4n) is 6.13. The van der Waals surface area contributed by atoms with Crippen molar-refractivity contribution in [2.45, 2.75) is 44.4 Å². The first kappa shape index (κ1) is 31.9. The van der Waals surface area contributed by atoms with Gasteiger partial charge in [-0.05, 0) is 42.7 Å². The Labute approximate surface area is 281 Å². The summed E-state index contributed by atoms with van der Waals surface area (Å²) >= 11 is 0. The lowest BCUT2D eigenvalue weighted by Gasteiger charge is -2.23. The number of rotatable bonds is 12. The molecule has 0 saturated carbocycles. The average molecular weight is 662 g/mol. The van der Waals surface area contributed by atoms with Crippen molar-refractivity contribution in [3.8, 4) is 5.75 Å². The summed E-state index contributed by atoms with van der Waals surface area (Å²) in [6.45, 7) is 1.97. The molecule has 1 aliphatic rings. The summed E-state index contributed by atoms with van der Waals surface area (Å²) in [4.78, 5) is 41.8. The molecule has 4 atom stereocenters. The van der Waals surface area contributed by atoms with Crippen molar-refractivity contribution in [2.24, 2.45) is 0 Å². The number of imidazole rings is 1. The number of aliphatic hydroxyl groups excluding tert-OH is 2. The minimum absolute atomic E-state index is 0.175. The van der Waals surface area contributed by atoms with Crippen molar-refractivity contribution >= 4 is 39.6 Å². The highest BCUT2D eigenvalue weighted by Gasteiger charge is 2.46. The van der Waals surface area contributed by atoms with Crippen LogP contribution < -0.4 is 15.4 Å². The second-order valence-electron chi connectivity index (χ2n) is 11.9. The van der Waals surface area contributed by atoms with Gasteiger partial charge in [-0.25, -0.2) is 15.0 Å². The molecular formula is C36H35N7O6. The molecule has 5 N–H and O–H groups in total. The van der Waals surface area contributed by atoms with E-state index in [1.807, 2.05) is 48.7 Å². The second kappa shape index (κ2) is 13.8. The van der Waals surface area contributed by atoms with E-state index in [4.69, 9.17) is 9.47 Å². The number of H-pyrrole nitrogens is 1. The number of fused-ring (bicyclic) bond motifs is 2. The zero-order chi connectivity index (χ0) is 33.9. The number of aromatic nitrogens is 5. The van der Waals surface area contributed by atoms with Crippen LogP contribution >= 0.6 is 0 Å². The number of ketones is 1. The van der Waals surface area contributed by atoms with E-state index >= 15 is 0 Å². The van der Waals surface area contributed by atoms with Crippen LogP contribution in [0.3, 0.4) is 0 Å². The van der Waals surface area contributed by atoms with Gasteiger partial charge in [0.15, 0.2) is 29.0 Å². The van der Waals surface area contributed by atoms with Gasteiger partial charge in [-0.2, -0.15) is 0 Å². The van der Waals surface area contributed by atoms with E-state index in [1.165, 1.54) is 25.6 Å². The molecule has 0 unspecified atom stereocenters. The van der Waals surface area contributed by atoms with Crippen LogP contribution in [0.15, 0.2) is 91.6 Å². The van der Waals surface area contributed by atoms with Gasteiger partial charge in [0.2, 0.25) is 0 Å². The Kier molecular flexibility index (Phi) is 9.03. The molecule has 1 aliphatic heterocycles. The van der Waals surface area contributed by atoms with Gasteiger partial charge in [0, 0.05) is 29.3 Å². The molecule has 7 rings (SSSR count). The second-order valence-corrected chi connectivity index (χ2v) is 11.9. The SMILES string of the molecule is CC(=O)c1cccc(C(=O)N[C@@H]2[C@H](O)[C@@H](CO)O[C@H]2n2cnc3c(NCCc4c[nH]c5c(OCc6ccccc6)cccc45)ncnc32)c1. The molecule has 13 heteroatoms. The molecule has 0 spiro atoms. The number of benzene rings is 3. The number of nitrogens with zero attached hydrogens (tertiary/aromatic N) is 4. The molecule has 1 amide bonds. The number of nitrogens with one attached hydrogen (secondary N) is 3. The summed E-state index contributed by atoms with van der Waals surface area (Å²) in [5.41, 5.74) is 4.67. The van der Waals surface area contributed by atoms with Gasteiger partial charge in [-0.15, -0.1) is 0 Å². The molecule has 13 nitrogen and oxygen atoms in total. The third-order valence-electron chi connectivity index (χ3n) is 8.70. The van der Waals surface area contributed by atoms with Gasteiger partial charge in [0.25, 0.3) is 5.91 Å². The first-order valence-electron chi connectivity index (χ1n) is 15.9. The van der Waals surface area contributed by atoms with E-state index in [1.54, 1.807) is 22.8 Å². The Hall–Kier alpha value is -5.63. The number of carbonyl (C=O) groups is 2. The first-order valence-corrected chi connectivity index (χ1v) is 15.9. The van der Waals surface area contributed by atoms with Crippen molar-refractivity contribution in [1.82, 2.24) is 29.8 Å². The van der Waals surface area contributed by atoms with Crippen LogP contribution in [0.2, 0.25) is 0 Å². The van der Waals surface area contributed by atoms with E-state index in [9.17, 15) is 19.8 Å². The molecule has 0 bridgehead atoms. The molecule has 49 heavy (non-hydrogen) atoms. The molecule has 0 radical (unpaired) electrons. The number of amides is 1. The number of aliphatic hydroxyl groups is 2. The van der Waals surface area contributed by atoms with Gasteiger partial charge < -0.3 is 35.3 Å². The first-order chi connectivity index (χ1) is 23.9. The Morgan fingerprint density at radius 3 is 2.65 bits per heavy atom. The minimum atomic E-state index is -1.23. The highest BCUT2D eigenvalue weighted by molar-refractivity contribution is 5.99. The van der Waals surface area contributed by atoms with Crippen LogP contribution in [0, 0.1) is 0 Å². The summed E-state index contributed by atoms with van der Waals surface area (Å²) in [6, 6.07) is 21.4. The highest BCUT2D eigenvalue weighted by Crippen LogP contribution is 2.33. The number of hydrogen-bond acceptors (Lipinski definition) is 10. The molecule has 1 saturated heterocycles. The third kappa shape index (κ3) is 6.46. The number of carbonyl (C=O) groups excluding carboxylic acids is 2. The van der Waals surface area contributed by atoms with Crippen molar-refractivity contribution in [3.63, 3.8) is 0 Å². The Bertz CT molecular complexity index is 2110. The lowest BCUT2D eigenvalue weighted by atomic mass is 10.1. The highest BCUT2D eigenvalue weighted by atomic mass is 16.5. The van der Waals surface area contributed by atoms with Crippen LogP contribution in [-0.2, 0) is 17.8 Å². The molecular weight excluding hydrogens is 626 g/mol. The van der Waals surface area contributed by atoms with Crippen LogP contribution in [0.5, 0.6) is 5.75 Å². The van der Waals surface area contributed by atoms with Gasteiger partial charge in [-0.1, -0.05) is 54.6 Å². The maximum Gasteiger partial charge on any atom is 0.251 e. The molecule has 1 fully saturated rings. The number of ether oxygens (including phenoxy) is 2. The maximum atomic E-state index is 13.2. The molecule has 6 aromatic rings. The predicted molar refractivity (Wildman–Crippen MR) is 181 cm³/mol. The zero-order valence-electron chi connectivity index (χ0n) is 26.6. The number of Topliss-reactive ketones (excluding diaryl/α,β-unsaturated/α-hetero) is 1. The van der Waals surface area contributed by atoms with Crippen molar-refractivity contribution in [3.05, 3.63) is 114 Å². The van der Waals surface area contributed by atoms with E-state index in [0.717, 1.165) is 27.8 Å².